The Morgan fingerprint density at radius 2 is 2.10 bits per heavy atom. The maximum absolute atomic E-state index is 12.6. The molecule has 110 valence electrons. The number of carbonyl (C=O) groups is 1. The number of carbonyl (C=O) groups excluding carboxylic acids is 1. The summed E-state index contributed by atoms with van der Waals surface area (Å²) in [4.78, 5) is 18.4. The highest BCUT2D eigenvalue weighted by Gasteiger charge is 2.26. The zero-order valence-electron chi connectivity index (χ0n) is 11.9. The summed E-state index contributed by atoms with van der Waals surface area (Å²) in [5.74, 6) is 0.00549. The van der Waals surface area contributed by atoms with Gasteiger partial charge in [-0.1, -0.05) is 0 Å². The SMILES string of the molecule is O=C(c1ccc(-n2ccnc2)cc1)N1CCCC[C@H]1CO. The molecule has 1 saturated heterocycles. The van der Waals surface area contributed by atoms with Crippen LogP contribution in [0.4, 0.5) is 0 Å². The minimum Gasteiger partial charge on any atom is -0.394 e. The van der Waals surface area contributed by atoms with Crippen molar-refractivity contribution in [3.05, 3.63) is 48.5 Å². The first-order chi connectivity index (χ1) is 10.3. The van der Waals surface area contributed by atoms with Gasteiger partial charge in [-0.25, -0.2) is 4.98 Å². The van der Waals surface area contributed by atoms with Crippen molar-refractivity contribution in [3.8, 4) is 5.69 Å². The molecule has 1 fully saturated rings. The van der Waals surface area contributed by atoms with Gasteiger partial charge in [-0.05, 0) is 43.5 Å². The summed E-state index contributed by atoms with van der Waals surface area (Å²) >= 11 is 0. The van der Waals surface area contributed by atoms with Gasteiger partial charge in [0.15, 0.2) is 0 Å². The van der Waals surface area contributed by atoms with E-state index in [1.165, 1.54) is 0 Å². The third-order valence-electron chi connectivity index (χ3n) is 4.02. The topological polar surface area (TPSA) is 58.4 Å². The van der Waals surface area contributed by atoms with Gasteiger partial charge in [-0.15, -0.1) is 0 Å². The number of nitrogens with zero attached hydrogens (tertiary/aromatic N) is 3. The van der Waals surface area contributed by atoms with E-state index in [0.29, 0.717) is 5.56 Å². The fraction of sp³-hybridized carbons (Fsp3) is 0.375. The minimum atomic E-state index is -0.0421. The number of hydrogen-bond donors (Lipinski definition) is 1. The van der Waals surface area contributed by atoms with Gasteiger partial charge in [0.1, 0.15) is 0 Å². The molecule has 2 aromatic rings. The molecule has 5 heteroatoms. The molecule has 1 N–H and O–H groups in total. The summed E-state index contributed by atoms with van der Waals surface area (Å²) in [6, 6.07) is 7.45. The predicted octanol–water partition coefficient (Wildman–Crippen LogP) is 1.86. The third-order valence-corrected chi connectivity index (χ3v) is 4.02. The lowest BCUT2D eigenvalue weighted by Gasteiger charge is -2.34. The largest absolute Gasteiger partial charge is 0.394 e. The summed E-state index contributed by atoms with van der Waals surface area (Å²) < 4.78 is 1.89. The molecule has 2 heterocycles. The molecule has 0 spiro atoms. The molecule has 1 amide bonds. The highest BCUT2D eigenvalue weighted by Crippen LogP contribution is 2.20. The smallest absolute Gasteiger partial charge is 0.254 e. The zero-order valence-corrected chi connectivity index (χ0v) is 11.9. The number of piperidine rings is 1. The van der Waals surface area contributed by atoms with Crippen LogP contribution in [-0.2, 0) is 0 Å². The van der Waals surface area contributed by atoms with E-state index in [1.54, 1.807) is 17.4 Å². The lowest BCUT2D eigenvalue weighted by Crippen LogP contribution is -2.45. The van der Waals surface area contributed by atoms with Crippen LogP contribution in [0, 0.1) is 0 Å². The van der Waals surface area contributed by atoms with Crippen LogP contribution in [0.5, 0.6) is 0 Å². The van der Waals surface area contributed by atoms with Crippen molar-refractivity contribution in [2.45, 2.75) is 25.3 Å². The second-order valence-corrected chi connectivity index (χ2v) is 5.35. The van der Waals surface area contributed by atoms with E-state index >= 15 is 0 Å². The van der Waals surface area contributed by atoms with Crippen molar-refractivity contribution in [1.29, 1.82) is 0 Å². The number of aliphatic hydroxyl groups is 1. The number of imidazole rings is 1. The molecule has 0 unspecified atom stereocenters. The van der Waals surface area contributed by atoms with Gasteiger partial charge < -0.3 is 14.6 Å². The number of rotatable bonds is 3. The predicted molar refractivity (Wildman–Crippen MR) is 79.3 cm³/mol. The standard InChI is InChI=1S/C16H19N3O2/c20-11-15-3-1-2-9-19(15)16(21)13-4-6-14(7-5-13)18-10-8-17-12-18/h4-8,10,12,15,20H,1-3,9,11H2/t15-/m0/s1. The van der Waals surface area contributed by atoms with Crippen molar-refractivity contribution in [2.24, 2.45) is 0 Å². The van der Waals surface area contributed by atoms with Gasteiger partial charge in [-0.3, -0.25) is 4.79 Å². The molecule has 0 aliphatic carbocycles. The summed E-state index contributed by atoms with van der Waals surface area (Å²) in [6.07, 6.45) is 8.28. The van der Waals surface area contributed by atoms with Crippen LogP contribution in [0.1, 0.15) is 29.6 Å². The average Bonchev–Trinajstić information content (AvgIpc) is 3.09. The summed E-state index contributed by atoms with van der Waals surface area (Å²) in [6.45, 7) is 0.770. The maximum Gasteiger partial charge on any atom is 0.254 e. The van der Waals surface area contributed by atoms with E-state index in [-0.39, 0.29) is 18.6 Å². The van der Waals surface area contributed by atoms with Crippen molar-refractivity contribution in [2.75, 3.05) is 13.2 Å². The molecule has 5 nitrogen and oxygen atoms in total. The fourth-order valence-electron chi connectivity index (χ4n) is 2.81. The van der Waals surface area contributed by atoms with Gasteiger partial charge in [0.2, 0.25) is 0 Å². The highest BCUT2D eigenvalue weighted by atomic mass is 16.3. The van der Waals surface area contributed by atoms with Gasteiger partial charge in [0.05, 0.1) is 19.0 Å². The van der Waals surface area contributed by atoms with E-state index < -0.39 is 0 Å². The molecule has 1 atom stereocenters. The van der Waals surface area contributed by atoms with E-state index in [1.807, 2.05) is 35.0 Å². The Bertz CT molecular complexity index is 592. The number of amides is 1. The Morgan fingerprint density at radius 3 is 2.76 bits per heavy atom. The normalized spacial score (nSPS) is 18.7. The van der Waals surface area contributed by atoms with Crippen molar-refractivity contribution in [1.82, 2.24) is 14.5 Å². The van der Waals surface area contributed by atoms with Crippen LogP contribution in [-0.4, -0.2) is 44.7 Å². The van der Waals surface area contributed by atoms with Crippen LogP contribution in [0.25, 0.3) is 5.69 Å². The molecule has 0 radical (unpaired) electrons. The Morgan fingerprint density at radius 1 is 1.29 bits per heavy atom. The Hall–Kier alpha value is -2.14. The van der Waals surface area contributed by atoms with Gasteiger partial charge >= 0.3 is 0 Å². The van der Waals surface area contributed by atoms with Crippen molar-refractivity contribution >= 4 is 5.91 Å². The average molecular weight is 285 g/mol. The minimum absolute atomic E-state index is 0.00549. The Kier molecular flexibility index (Phi) is 4.01. The molecule has 1 aromatic heterocycles. The van der Waals surface area contributed by atoms with E-state index in [4.69, 9.17) is 0 Å². The molecule has 21 heavy (non-hydrogen) atoms. The molecule has 3 rings (SSSR count). The third kappa shape index (κ3) is 2.83. The van der Waals surface area contributed by atoms with Crippen molar-refractivity contribution < 1.29 is 9.90 Å². The number of benzene rings is 1. The van der Waals surface area contributed by atoms with E-state index in [2.05, 4.69) is 4.98 Å². The van der Waals surface area contributed by atoms with Gasteiger partial charge in [0, 0.05) is 30.2 Å². The molecule has 1 aliphatic rings. The maximum atomic E-state index is 12.6. The summed E-state index contributed by atoms with van der Waals surface area (Å²) in [5, 5.41) is 9.42. The van der Waals surface area contributed by atoms with Crippen LogP contribution in [0.2, 0.25) is 0 Å². The highest BCUT2D eigenvalue weighted by molar-refractivity contribution is 5.94. The van der Waals surface area contributed by atoms with Crippen LogP contribution in [0.3, 0.4) is 0 Å². The number of likely N-dealkylation sites (tertiary alicyclic amines) is 1. The monoisotopic (exact) mass is 285 g/mol. The van der Waals surface area contributed by atoms with E-state index in [9.17, 15) is 9.90 Å². The first-order valence-electron chi connectivity index (χ1n) is 7.30. The first kappa shape index (κ1) is 13.8. The second kappa shape index (κ2) is 6.10. The van der Waals surface area contributed by atoms with Gasteiger partial charge in [-0.2, -0.15) is 0 Å². The first-order valence-corrected chi connectivity index (χ1v) is 7.30. The molecule has 1 aliphatic heterocycles. The Labute approximate surface area is 123 Å². The molecule has 1 aromatic carbocycles. The quantitative estimate of drug-likeness (QED) is 0.936. The zero-order chi connectivity index (χ0) is 14.7. The molecular formula is C16H19N3O2. The number of hydrogen-bond acceptors (Lipinski definition) is 3. The van der Waals surface area contributed by atoms with Crippen LogP contribution in [0.15, 0.2) is 43.0 Å². The van der Waals surface area contributed by atoms with E-state index in [0.717, 1.165) is 31.5 Å². The van der Waals surface area contributed by atoms with Crippen LogP contribution >= 0.6 is 0 Å². The fourth-order valence-corrected chi connectivity index (χ4v) is 2.81. The lowest BCUT2D eigenvalue weighted by molar-refractivity contribution is 0.0503. The van der Waals surface area contributed by atoms with Crippen molar-refractivity contribution in [3.63, 3.8) is 0 Å². The molecule has 0 saturated carbocycles. The lowest BCUT2D eigenvalue weighted by atomic mass is 10.0. The number of aromatic nitrogens is 2. The Balaban J connectivity index is 1.78. The van der Waals surface area contributed by atoms with Crippen LogP contribution < -0.4 is 0 Å². The summed E-state index contributed by atoms with van der Waals surface area (Å²) in [7, 11) is 0. The number of aliphatic hydroxyl groups excluding tert-OH is 1. The summed E-state index contributed by atoms with van der Waals surface area (Å²) in [5.41, 5.74) is 1.64. The molecule has 0 bridgehead atoms. The second-order valence-electron chi connectivity index (χ2n) is 5.35. The van der Waals surface area contributed by atoms with Gasteiger partial charge in [0.25, 0.3) is 5.91 Å². The molecular weight excluding hydrogens is 266 g/mol.